The van der Waals surface area contributed by atoms with Gasteiger partial charge in [-0.2, -0.15) is 0 Å². The van der Waals surface area contributed by atoms with Gasteiger partial charge in [-0.25, -0.2) is 0 Å². The number of hydrogen-bond donors (Lipinski definition) is 1. The lowest BCUT2D eigenvalue weighted by atomic mass is 10.2. The topological polar surface area (TPSA) is 51.8 Å². The van der Waals surface area contributed by atoms with Gasteiger partial charge in [-0.05, 0) is 18.1 Å². The van der Waals surface area contributed by atoms with E-state index in [-0.39, 0.29) is 6.04 Å². The largest absolute Gasteiger partial charge is 0.322 e. The molecule has 0 fully saturated rings. The maximum atomic E-state index is 6.10. The Balaban J connectivity index is 2.14. The summed E-state index contributed by atoms with van der Waals surface area (Å²) in [5.74, 6) is 0. The standard InChI is InChI=1S/C12H14ClN3S/c1-2-10(14)12-16-15-11(17-12)7-8-5-3-4-6-9(8)13/h3-6,10H,2,7,14H2,1H3. The SMILES string of the molecule is CCC(N)c1nnc(Cc2ccccc2Cl)s1. The van der Waals surface area contributed by atoms with Crippen LogP contribution in [0.3, 0.4) is 0 Å². The molecule has 1 heterocycles. The lowest BCUT2D eigenvalue weighted by Crippen LogP contribution is -2.07. The third-order valence-electron chi connectivity index (χ3n) is 2.54. The van der Waals surface area contributed by atoms with E-state index in [2.05, 4.69) is 10.2 Å². The Kier molecular flexibility index (Phi) is 4.10. The van der Waals surface area contributed by atoms with Crippen molar-refractivity contribution in [2.24, 2.45) is 5.73 Å². The molecule has 0 aliphatic carbocycles. The van der Waals surface area contributed by atoms with Gasteiger partial charge in [-0.3, -0.25) is 0 Å². The molecular weight excluding hydrogens is 254 g/mol. The maximum absolute atomic E-state index is 6.10. The predicted octanol–water partition coefficient (Wildman–Crippen LogP) is 3.19. The van der Waals surface area contributed by atoms with Gasteiger partial charge in [-0.1, -0.05) is 48.1 Å². The monoisotopic (exact) mass is 267 g/mol. The van der Waals surface area contributed by atoms with E-state index in [0.717, 1.165) is 27.0 Å². The fourth-order valence-electron chi connectivity index (χ4n) is 1.47. The van der Waals surface area contributed by atoms with Crippen molar-refractivity contribution >= 4 is 22.9 Å². The molecule has 0 saturated heterocycles. The molecule has 0 saturated carbocycles. The highest BCUT2D eigenvalue weighted by molar-refractivity contribution is 7.11. The van der Waals surface area contributed by atoms with Gasteiger partial charge in [-0.15, -0.1) is 10.2 Å². The molecule has 3 nitrogen and oxygen atoms in total. The van der Waals surface area contributed by atoms with Gasteiger partial charge in [0.25, 0.3) is 0 Å². The minimum Gasteiger partial charge on any atom is -0.322 e. The first kappa shape index (κ1) is 12.5. The van der Waals surface area contributed by atoms with Gasteiger partial charge in [0.1, 0.15) is 10.0 Å². The number of nitrogens with two attached hydrogens (primary N) is 1. The van der Waals surface area contributed by atoms with Gasteiger partial charge in [0.05, 0.1) is 6.04 Å². The molecule has 5 heteroatoms. The Labute approximate surface area is 110 Å². The molecule has 2 rings (SSSR count). The predicted molar refractivity (Wildman–Crippen MR) is 71.4 cm³/mol. The van der Waals surface area contributed by atoms with E-state index in [9.17, 15) is 0 Å². The number of halogens is 1. The second-order valence-electron chi connectivity index (χ2n) is 3.82. The van der Waals surface area contributed by atoms with Gasteiger partial charge in [0, 0.05) is 11.4 Å². The van der Waals surface area contributed by atoms with Crippen LogP contribution in [0, 0.1) is 0 Å². The van der Waals surface area contributed by atoms with Crippen LogP contribution < -0.4 is 5.73 Å². The van der Waals surface area contributed by atoms with Gasteiger partial charge >= 0.3 is 0 Å². The average Bonchev–Trinajstić information content (AvgIpc) is 2.80. The molecule has 1 unspecified atom stereocenters. The van der Waals surface area contributed by atoms with Crippen LogP contribution in [0.2, 0.25) is 5.02 Å². The normalized spacial score (nSPS) is 12.6. The highest BCUT2D eigenvalue weighted by Crippen LogP contribution is 2.23. The number of benzene rings is 1. The van der Waals surface area contributed by atoms with Crippen LogP contribution in [0.4, 0.5) is 0 Å². The molecule has 90 valence electrons. The molecule has 1 aromatic carbocycles. The zero-order valence-corrected chi connectivity index (χ0v) is 11.1. The first-order valence-electron chi connectivity index (χ1n) is 5.52. The molecule has 2 aromatic rings. The smallest absolute Gasteiger partial charge is 0.134 e. The minimum atomic E-state index is -0.00695. The number of hydrogen-bond acceptors (Lipinski definition) is 4. The quantitative estimate of drug-likeness (QED) is 0.926. The summed E-state index contributed by atoms with van der Waals surface area (Å²) in [7, 11) is 0. The molecule has 0 bridgehead atoms. The molecular formula is C12H14ClN3S. The third-order valence-corrected chi connectivity index (χ3v) is 3.96. The second kappa shape index (κ2) is 5.58. The fourth-order valence-corrected chi connectivity index (χ4v) is 2.62. The van der Waals surface area contributed by atoms with E-state index < -0.39 is 0 Å². The van der Waals surface area contributed by atoms with E-state index >= 15 is 0 Å². The van der Waals surface area contributed by atoms with Crippen LogP contribution in [0.5, 0.6) is 0 Å². The van der Waals surface area contributed by atoms with Crippen molar-refractivity contribution in [3.63, 3.8) is 0 Å². The molecule has 17 heavy (non-hydrogen) atoms. The summed E-state index contributed by atoms with van der Waals surface area (Å²) in [6.07, 6.45) is 1.59. The van der Waals surface area contributed by atoms with Crippen LogP contribution in [-0.2, 0) is 6.42 Å². The van der Waals surface area contributed by atoms with Crippen LogP contribution >= 0.6 is 22.9 Å². The molecule has 0 spiro atoms. The Morgan fingerprint density at radius 2 is 2.12 bits per heavy atom. The van der Waals surface area contributed by atoms with Crippen molar-refractivity contribution in [1.29, 1.82) is 0 Å². The average molecular weight is 268 g/mol. The zero-order valence-electron chi connectivity index (χ0n) is 9.56. The lowest BCUT2D eigenvalue weighted by Gasteiger charge is -2.01. The summed E-state index contributed by atoms with van der Waals surface area (Å²) < 4.78 is 0. The second-order valence-corrected chi connectivity index (χ2v) is 5.32. The third kappa shape index (κ3) is 3.03. The first-order valence-corrected chi connectivity index (χ1v) is 6.71. The summed E-state index contributed by atoms with van der Waals surface area (Å²) in [5, 5.41) is 10.9. The Morgan fingerprint density at radius 3 is 2.82 bits per heavy atom. The van der Waals surface area contributed by atoms with Gasteiger partial charge < -0.3 is 5.73 Å². The molecule has 0 aliphatic rings. The summed E-state index contributed by atoms with van der Waals surface area (Å²) >= 11 is 7.67. The number of aromatic nitrogens is 2. The van der Waals surface area contributed by atoms with Crippen LogP contribution in [-0.4, -0.2) is 10.2 Å². The Hall–Kier alpha value is -0.970. The molecule has 0 amide bonds. The Morgan fingerprint density at radius 1 is 1.35 bits per heavy atom. The molecule has 1 aromatic heterocycles. The summed E-state index contributed by atoms with van der Waals surface area (Å²) in [4.78, 5) is 0. The van der Waals surface area contributed by atoms with Crippen LogP contribution in [0.1, 0.15) is 35.0 Å². The molecule has 0 radical (unpaired) electrons. The van der Waals surface area contributed by atoms with Gasteiger partial charge in [0.2, 0.25) is 0 Å². The maximum Gasteiger partial charge on any atom is 0.134 e. The van der Waals surface area contributed by atoms with E-state index in [4.69, 9.17) is 17.3 Å². The van der Waals surface area contributed by atoms with Crippen molar-refractivity contribution < 1.29 is 0 Å². The fraction of sp³-hybridized carbons (Fsp3) is 0.333. The van der Waals surface area contributed by atoms with Crippen molar-refractivity contribution in [3.8, 4) is 0 Å². The van der Waals surface area contributed by atoms with Crippen molar-refractivity contribution in [2.75, 3.05) is 0 Å². The number of rotatable bonds is 4. The summed E-state index contributed by atoms with van der Waals surface area (Å²) in [6, 6.07) is 7.78. The Bertz CT molecular complexity index is 498. The summed E-state index contributed by atoms with van der Waals surface area (Å²) in [6.45, 7) is 2.04. The molecule has 2 N–H and O–H groups in total. The summed E-state index contributed by atoms with van der Waals surface area (Å²) in [5.41, 5.74) is 6.98. The lowest BCUT2D eigenvalue weighted by molar-refractivity contribution is 0.682. The van der Waals surface area contributed by atoms with Crippen LogP contribution in [0.15, 0.2) is 24.3 Å². The van der Waals surface area contributed by atoms with E-state index in [0.29, 0.717) is 6.42 Å². The number of nitrogens with zero attached hydrogens (tertiary/aromatic N) is 2. The van der Waals surface area contributed by atoms with E-state index in [1.165, 1.54) is 0 Å². The van der Waals surface area contributed by atoms with Gasteiger partial charge in [0.15, 0.2) is 0 Å². The molecule has 0 aliphatic heterocycles. The minimum absolute atomic E-state index is 0.00695. The van der Waals surface area contributed by atoms with Crippen molar-refractivity contribution in [2.45, 2.75) is 25.8 Å². The van der Waals surface area contributed by atoms with E-state index in [1.54, 1.807) is 11.3 Å². The van der Waals surface area contributed by atoms with Crippen molar-refractivity contribution in [3.05, 3.63) is 44.9 Å². The molecule has 1 atom stereocenters. The highest BCUT2D eigenvalue weighted by Gasteiger charge is 2.11. The highest BCUT2D eigenvalue weighted by atomic mass is 35.5. The first-order chi connectivity index (χ1) is 8.20. The van der Waals surface area contributed by atoms with E-state index in [1.807, 2.05) is 31.2 Å². The van der Waals surface area contributed by atoms with Crippen LogP contribution in [0.25, 0.3) is 0 Å². The zero-order chi connectivity index (χ0) is 12.3. The van der Waals surface area contributed by atoms with Crippen molar-refractivity contribution in [1.82, 2.24) is 10.2 Å².